The van der Waals surface area contributed by atoms with Gasteiger partial charge in [-0.1, -0.05) is 0 Å². The van der Waals surface area contributed by atoms with E-state index in [0.29, 0.717) is 11.8 Å². The van der Waals surface area contributed by atoms with Crippen molar-refractivity contribution in [2.45, 2.75) is 0 Å². The van der Waals surface area contributed by atoms with Crippen molar-refractivity contribution in [2.24, 2.45) is 4.99 Å². The summed E-state index contributed by atoms with van der Waals surface area (Å²) in [5.41, 5.74) is 0. The summed E-state index contributed by atoms with van der Waals surface area (Å²) in [5, 5.41) is 0.495. The monoisotopic (exact) mass is 101 g/mol. The number of rotatable bonds is 0. The van der Waals surface area contributed by atoms with E-state index in [2.05, 4.69) is 21.9 Å². The maximum atomic E-state index is 4.66. The van der Waals surface area contributed by atoms with Gasteiger partial charge in [0.1, 0.15) is 0 Å². The minimum absolute atomic E-state index is 0.416. The van der Waals surface area contributed by atoms with E-state index in [-0.39, 0.29) is 0 Å². The van der Waals surface area contributed by atoms with E-state index in [4.69, 9.17) is 0 Å². The molecule has 3 heteroatoms. The third-order valence-corrected chi connectivity index (χ3v) is 0.701. The van der Waals surface area contributed by atoms with E-state index in [1.165, 1.54) is 6.21 Å². The first-order chi connectivity index (χ1) is 2.89. The SMILES string of the molecule is S=C1C=NCO1. The van der Waals surface area contributed by atoms with Crippen LogP contribution in [0.5, 0.6) is 0 Å². The quantitative estimate of drug-likeness (QED) is 0.411. The Morgan fingerprint density at radius 1 is 2.00 bits per heavy atom. The van der Waals surface area contributed by atoms with Crippen LogP contribution < -0.4 is 0 Å². The molecule has 0 aromatic carbocycles. The number of aliphatic imine (C=N–C) groups is 1. The predicted octanol–water partition coefficient (Wildman–Crippen LogP) is 0.372. The van der Waals surface area contributed by atoms with E-state index in [9.17, 15) is 0 Å². The Balaban J connectivity index is 2.59. The van der Waals surface area contributed by atoms with E-state index in [1.54, 1.807) is 0 Å². The van der Waals surface area contributed by atoms with Gasteiger partial charge in [0.2, 0.25) is 5.05 Å². The van der Waals surface area contributed by atoms with Crippen LogP contribution in [0.3, 0.4) is 0 Å². The van der Waals surface area contributed by atoms with Crippen molar-refractivity contribution in [1.29, 1.82) is 0 Å². The van der Waals surface area contributed by atoms with Gasteiger partial charge < -0.3 is 4.74 Å². The van der Waals surface area contributed by atoms with Crippen molar-refractivity contribution in [3.05, 3.63) is 0 Å². The topological polar surface area (TPSA) is 21.6 Å². The highest BCUT2D eigenvalue weighted by Crippen LogP contribution is 1.86. The second-order valence-electron chi connectivity index (χ2n) is 0.904. The van der Waals surface area contributed by atoms with Crippen molar-refractivity contribution in [1.82, 2.24) is 0 Å². The zero-order chi connectivity index (χ0) is 4.41. The summed E-state index contributed by atoms with van der Waals surface area (Å²) in [7, 11) is 0. The molecule has 1 aliphatic rings. The highest BCUT2D eigenvalue weighted by Gasteiger charge is 1.94. The van der Waals surface area contributed by atoms with Crippen LogP contribution in [0.4, 0.5) is 0 Å². The zero-order valence-corrected chi connectivity index (χ0v) is 3.86. The van der Waals surface area contributed by atoms with E-state index in [0.717, 1.165) is 0 Å². The molecule has 0 unspecified atom stereocenters. The van der Waals surface area contributed by atoms with Crippen molar-refractivity contribution < 1.29 is 4.74 Å². The molecule has 0 N–H and O–H groups in total. The Morgan fingerprint density at radius 3 is 3.00 bits per heavy atom. The molecule has 6 heavy (non-hydrogen) atoms. The third-order valence-electron chi connectivity index (χ3n) is 0.478. The van der Waals surface area contributed by atoms with E-state index >= 15 is 0 Å². The van der Waals surface area contributed by atoms with Gasteiger partial charge in [0, 0.05) is 0 Å². The number of ether oxygens (including phenoxy) is 1. The summed E-state index contributed by atoms with van der Waals surface area (Å²) < 4.78 is 4.66. The molecule has 0 amide bonds. The number of nitrogens with zero attached hydrogens (tertiary/aromatic N) is 1. The molecule has 1 rings (SSSR count). The van der Waals surface area contributed by atoms with E-state index < -0.39 is 0 Å². The van der Waals surface area contributed by atoms with Gasteiger partial charge in [-0.3, -0.25) is 0 Å². The van der Waals surface area contributed by atoms with Crippen LogP contribution in [0.1, 0.15) is 0 Å². The average molecular weight is 101 g/mol. The minimum atomic E-state index is 0.416. The molecule has 1 heterocycles. The lowest BCUT2D eigenvalue weighted by molar-refractivity contribution is 0.348. The fraction of sp³-hybridized carbons (Fsp3) is 0.333. The summed E-state index contributed by atoms with van der Waals surface area (Å²) in [4.78, 5) is 3.68. The molecule has 0 aliphatic carbocycles. The van der Waals surface area contributed by atoms with Crippen LogP contribution in [0.15, 0.2) is 4.99 Å². The van der Waals surface area contributed by atoms with Crippen LogP contribution in [-0.2, 0) is 4.74 Å². The summed E-state index contributed by atoms with van der Waals surface area (Å²) in [5.74, 6) is 0. The standard InChI is InChI=1S/C3H3NOS/c6-3-1-4-2-5-3/h1H,2H2. The molecule has 0 saturated carbocycles. The Kier molecular flexibility index (Phi) is 0.837. The van der Waals surface area contributed by atoms with Gasteiger partial charge in [0.15, 0.2) is 6.73 Å². The second-order valence-corrected chi connectivity index (χ2v) is 1.31. The Bertz CT molecular complexity index is 99.0. The Labute approximate surface area is 40.8 Å². The van der Waals surface area contributed by atoms with Gasteiger partial charge >= 0.3 is 0 Å². The van der Waals surface area contributed by atoms with E-state index in [1.807, 2.05) is 0 Å². The van der Waals surface area contributed by atoms with Crippen molar-refractivity contribution in [2.75, 3.05) is 6.73 Å². The Morgan fingerprint density at radius 2 is 2.83 bits per heavy atom. The minimum Gasteiger partial charge on any atom is -0.459 e. The molecule has 0 atom stereocenters. The van der Waals surface area contributed by atoms with Gasteiger partial charge in [-0.05, 0) is 12.2 Å². The second kappa shape index (κ2) is 1.34. The fourth-order valence-corrected chi connectivity index (χ4v) is 0.377. The lowest BCUT2D eigenvalue weighted by atomic mass is 10.8. The summed E-state index contributed by atoms with van der Waals surface area (Å²) >= 11 is 4.55. The van der Waals surface area contributed by atoms with Crippen LogP contribution in [0.25, 0.3) is 0 Å². The third kappa shape index (κ3) is 0.542. The number of hydrogen-bond donors (Lipinski definition) is 0. The van der Waals surface area contributed by atoms with Gasteiger partial charge in [-0.2, -0.15) is 0 Å². The molecule has 32 valence electrons. The van der Waals surface area contributed by atoms with Gasteiger partial charge in [0.05, 0.1) is 6.21 Å². The summed E-state index contributed by atoms with van der Waals surface area (Å²) in [6.45, 7) is 0.416. The average Bonchev–Trinajstić information content (AvgIpc) is 1.86. The highest BCUT2D eigenvalue weighted by atomic mass is 32.1. The molecule has 0 spiro atoms. The summed E-state index contributed by atoms with van der Waals surface area (Å²) in [6, 6.07) is 0. The van der Waals surface area contributed by atoms with Crippen molar-refractivity contribution >= 4 is 23.5 Å². The van der Waals surface area contributed by atoms with Crippen LogP contribution in [0, 0.1) is 0 Å². The van der Waals surface area contributed by atoms with Gasteiger partial charge in [0.25, 0.3) is 0 Å². The molecule has 0 bridgehead atoms. The van der Waals surface area contributed by atoms with Crippen LogP contribution >= 0.6 is 12.2 Å². The van der Waals surface area contributed by atoms with Crippen LogP contribution in [-0.4, -0.2) is 18.0 Å². The maximum absolute atomic E-state index is 4.66. The molecular weight excluding hydrogens is 98.1 g/mol. The molecular formula is C3H3NOS. The molecule has 0 fully saturated rings. The largest absolute Gasteiger partial charge is 0.459 e. The first-order valence-corrected chi connectivity index (χ1v) is 1.97. The van der Waals surface area contributed by atoms with Gasteiger partial charge in [-0.15, -0.1) is 0 Å². The highest BCUT2D eigenvalue weighted by molar-refractivity contribution is 7.81. The number of thiocarbonyl (C=S) groups is 1. The first kappa shape index (κ1) is 3.74. The molecule has 0 radical (unpaired) electrons. The molecule has 0 saturated heterocycles. The lowest BCUT2D eigenvalue weighted by Crippen LogP contribution is -1.90. The lowest BCUT2D eigenvalue weighted by Gasteiger charge is -1.83. The normalized spacial score (nSPS) is 18.3. The molecule has 2 nitrogen and oxygen atoms in total. The van der Waals surface area contributed by atoms with Crippen LogP contribution in [0.2, 0.25) is 0 Å². The molecule has 0 aromatic rings. The number of hydrogen-bond acceptors (Lipinski definition) is 3. The van der Waals surface area contributed by atoms with Crippen molar-refractivity contribution in [3.8, 4) is 0 Å². The molecule has 1 aliphatic heterocycles. The summed E-state index contributed by atoms with van der Waals surface area (Å²) in [6.07, 6.45) is 1.54. The fourth-order valence-electron chi connectivity index (χ4n) is 0.250. The van der Waals surface area contributed by atoms with Gasteiger partial charge in [-0.25, -0.2) is 4.99 Å². The maximum Gasteiger partial charge on any atom is 0.204 e. The zero-order valence-electron chi connectivity index (χ0n) is 3.05. The van der Waals surface area contributed by atoms with Crippen molar-refractivity contribution in [3.63, 3.8) is 0 Å². The Hall–Kier alpha value is -0.440. The predicted molar refractivity (Wildman–Crippen MR) is 27.0 cm³/mol. The molecule has 0 aromatic heterocycles. The smallest absolute Gasteiger partial charge is 0.204 e. The first-order valence-electron chi connectivity index (χ1n) is 1.56.